The molecule has 5 rings (SSSR count). The fraction of sp³-hybridized carbons (Fsp3) is 0.577. The van der Waals surface area contributed by atoms with Crippen LogP contribution in [0.2, 0.25) is 0 Å². The first-order valence-corrected chi connectivity index (χ1v) is 12.3. The number of carbonyl (C=O) groups is 3. The first-order valence-electron chi connectivity index (χ1n) is 12.3. The minimum Gasteiger partial charge on any atom is -0.497 e. The van der Waals surface area contributed by atoms with Gasteiger partial charge in [0.25, 0.3) is 0 Å². The van der Waals surface area contributed by atoms with Crippen LogP contribution in [0.15, 0.2) is 36.4 Å². The summed E-state index contributed by atoms with van der Waals surface area (Å²) in [6, 6.07) is 6.22. The van der Waals surface area contributed by atoms with Crippen LogP contribution >= 0.6 is 0 Å². The van der Waals surface area contributed by atoms with Crippen molar-refractivity contribution in [2.24, 2.45) is 11.8 Å². The van der Waals surface area contributed by atoms with Crippen molar-refractivity contribution in [1.29, 1.82) is 0 Å². The molecule has 4 aliphatic rings. The SMILES string of the molecule is COc1cccc(NC(=O)C2C3C=CC4(O3)C2C(=O)N(C(C)C)C4C(=O)NC2CCCCC2)c1. The van der Waals surface area contributed by atoms with Crippen molar-refractivity contribution < 1.29 is 23.9 Å². The van der Waals surface area contributed by atoms with Crippen LogP contribution in [0.1, 0.15) is 46.0 Å². The fourth-order valence-electron chi connectivity index (χ4n) is 6.22. The summed E-state index contributed by atoms with van der Waals surface area (Å²) < 4.78 is 11.6. The van der Waals surface area contributed by atoms with E-state index in [-0.39, 0.29) is 29.8 Å². The van der Waals surface area contributed by atoms with E-state index in [1.807, 2.05) is 26.0 Å². The van der Waals surface area contributed by atoms with Crippen LogP contribution in [-0.4, -0.2) is 59.6 Å². The zero-order valence-corrected chi connectivity index (χ0v) is 20.0. The van der Waals surface area contributed by atoms with Gasteiger partial charge in [-0.2, -0.15) is 0 Å². The number of amides is 3. The highest BCUT2D eigenvalue weighted by Crippen LogP contribution is 2.55. The largest absolute Gasteiger partial charge is 0.497 e. The summed E-state index contributed by atoms with van der Waals surface area (Å²) in [6.07, 6.45) is 8.44. The molecule has 2 saturated heterocycles. The molecule has 34 heavy (non-hydrogen) atoms. The maximum atomic E-state index is 13.7. The Morgan fingerprint density at radius 1 is 1.18 bits per heavy atom. The molecule has 3 aliphatic heterocycles. The minimum absolute atomic E-state index is 0.121. The first-order chi connectivity index (χ1) is 16.4. The van der Waals surface area contributed by atoms with Crippen molar-refractivity contribution in [3.8, 4) is 5.75 Å². The zero-order chi connectivity index (χ0) is 24.0. The van der Waals surface area contributed by atoms with E-state index in [1.165, 1.54) is 6.42 Å². The van der Waals surface area contributed by atoms with Crippen molar-refractivity contribution in [3.63, 3.8) is 0 Å². The third kappa shape index (κ3) is 3.59. The summed E-state index contributed by atoms with van der Waals surface area (Å²) in [7, 11) is 1.56. The highest BCUT2D eigenvalue weighted by Gasteiger charge is 2.73. The number of hydrogen-bond acceptors (Lipinski definition) is 5. The van der Waals surface area contributed by atoms with Crippen LogP contribution in [0, 0.1) is 11.8 Å². The van der Waals surface area contributed by atoms with Gasteiger partial charge in [-0.05, 0) is 38.8 Å². The number of ether oxygens (including phenoxy) is 2. The molecular formula is C26H33N3O5. The molecule has 2 bridgehead atoms. The lowest BCUT2D eigenvalue weighted by atomic mass is 9.74. The third-order valence-corrected chi connectivity index (χ3v) is 7.71. The van der Waals surface area contributed by atoms with E-state index < -0.39 is 29.6 Å². The molecule has 0 radical (unpaired) electrons. The van der Waals surface area contributed by atoms with E-state index in [2.05, 4.69) is 10.6 Å². The number of rotatable bonds is 6. The fourth-order valence-corrected chi connectivity index (χ4v) is 6.22. The Hall–Kier alpha value is -2.87. The van der Waals surface area contributed by atoms with Crippen molar-refractivity contribution in [3.05, 3.63) is 36.4 Å². The molecule has 5 atom stereocenters. The summed E-state index contributed by atoms with van der Waals surface area (Å²) in [6.45, 7) is 3.80. The predicted molar refractivity (Wildman–Crippen MR) is 126 cm³/mol. The van der Waals surface area contributed by atoms with Gasteiger partial charge in [-0.3, -0.25) is 14.4 Å². The molecule has 8 heteroatoms. The maximum absolute atomic E-state index is 13.7. The molecule has 3 heterocycles. The predicted octanol–water partition coefficient (Wildman–Crippen LogP) is 2.64. The van der Waals surface area contributed by atoms with Gasteiger partial charge in [-0.15, -0.1) is 0 Å². The quantitative estimate of drug-likeness (QED) is 0.627. The Kier molecular flexibility index (Phi) is 5.88. The Morgan fingerprint density at radius 2 is 1.94 bits per heavy atom. The van der Waals surface area contributed by atoms with Crippen molar-refractivity contribution >= 4 is 23.4 Å². The van der Waals surface area contributed by atoms with E-state index >= 15 is 0 Å². The summed E-state index contributed by atoms with van der Waals surface area (Å²) in [5, 5.41) is 6.11. The van der Waals surface area contributed by atoms with Crippen LogP contribution in [0.25, 0.3) is 0 Å². The molecule has 1 aromatic rings. The lowest BCUT2D eigenvalue weighted by Crippen LogP contribution is -2.57. The van der Waals surface area contributed by atoms with E-state index in [0.29, 0.717) is 11.4 Å². The molecule has 0 aromatic heterocycles. The summed E-state index contributed by atoms with van der Waals surface area (Å²) in [4.78, 5) is 42.4. The van der Waals surface area contributed by atoms with E-state index in [1.54, 1.807) is 36.3 Å². The average Bonchev–Trinajstić information content (AvgIpc) is 3.47. The number of likely N-dealkylation sites (tertiary alicyclic amines) is 1. The van der Waals surface area contributed by atoms with Gasteiger partial charge < -0.3 is 25.0 Å². The lowest BCUT2D eigenvalue weighted by molar-refractivity contribution is -0.143. The Labute approximate surface area is 200 Å². The van der Waals surface area contributed by atoms with E-state index in [9.17, 15) is 14.4 Å². The van der Waals surface area contributed by atoms with Gasteiger partial charge in [0, 0.05) is 23.8 Å². The Bertz CT molecular complexity index is 1020. The topological polar surface area (TPSA) is 97.0 Å². The number of fused-ring (bicyclic) bond motifs is 1. The summed E-state index contributed by atoms with van der Waals surface area (Å²) >= 11 is 0. The van der Waals surface area contributed by atoms with Gasteiger partial charge >= 0.3 is 0 Å². The molecule has 2 N–H and O–H groups in total. The standard InChI is InChI=1S/C26H33N3O5/c1-15(2)29-22(24(31)27-16-8-5-4-6-9-16)26-13-12-19(34-26)20(21(26)25(29)32)23(30)28-17-10-7-11-18(14-17)33-3/h7,10-16,19-22H,4-6,8-9H2,1-3H3,(H,27,31)(H,28,30). The van der Waals surface area contributed by atoms with Gasteiger partial charge in [-0.1, -0.05) is 37.5 Å². The van der Waals surface area contributed by atoms with Crippen LogP contribution < -0.4 is 15.4 Å². The monoisotopic (exact) mass is 467 g/mol. The number of nitrogens with zero attached hydrogens (tertiary/aromatic N) is 1. The lowest BCUT2D eigenvalue weighted by Gasteiger charge is -2.35. The molecule has 3 amide bonds. The van der Waals surface area contributed by atoms with Gasteiger partial charge in [0.2, 0.25) is 17.7 Å². The second-order valence-corrected chi connectivity index (χ2v) is 10.1. The van der Waals surface area contributed by atoms with Gasteiger partial charge in [0.1, 0.15) is 17.4 Å². The molecule has 1 saturated carbocycles. The number of anilines is 1. The van der Waals surface area contributed by atoms with Crippen molar-refractivity contribution in [2.75, 3.05) is 12.4 Å². The number of nitrogens with one attached hydrogen (secondary N) is 2. The summed E-state index contributed by atoms with van der Waals surface area (Å²) in [5.41, 5.74) is -0.538. The second-order valence-electron chi connectivity index (χ2n) is 10.1. The molecule has 1 aliphatic carbocycles. The Morgan fingerprint density at radius 3 is 2.65 bits per heavy atom. The molecule has 1 spiro atoms. The molecular weight excluding hydrogens is 434 g/mol. The normalized spacial score (nSPS) is 32.2. The van der Waals surface area contributed by atoms with Gasteiger partial charge in [-0.25, -0.2) is 0 Å². The Balaban J connectivity index is 1.42. The third-order valence-electron chi connectivity index (χ3n) is 7.71. The molecule has 5 unspecified atom stereocenters. The van der Waals surface area contributed by atoms with E-state index in [4.69, 9.17) is 9.47 Å². The first kappa shape index (κ1) is 22.9. The second kappa shape index (κ2) is 8.73. The zero-order valence-electron chi connectivity index (χ0n) is 20.0. The number of benzene rings is 1. The maximum Gasteiger partial charge on any atom is 0.246 e. The number of carbonyl (C=O) groups excluding carboxylic acids is 3. The van der Waals surface area contributed by atoms with Crippen molar-refractivity contribution in [1.82, 2.24) is 10.2 Å². The number of methoxy groups -OCH3 is 1. The van der Waals surface area contributed by atoms with Crippen LogP contribution in [0.3, 0.4) is 0 Å². The smallest absolute Gasteiger partial charge is 0.246 e. The average molecular weight is 468 g/mol. The summed E-state index contributed by atoms with van der Waals surface area (Å²) in [5.74, 6) is -1.50. The highest BCUT2D eigenvalue weighted by atomic mass is 16.5. The van der Waals surface area contributed by atoms with Crippen molar-refractivity contribution in [2.45, 2.75) is 75.8 Å². The van der Waals surface area contributed by atoms with Gasteiger partial charge in [0.15, 0.2) is 0 Å². The number of hydrogen-bond donors (Lipinski definition) is 2. The van der Waals surface area contributed by atoms with Crippen LogP contribution in [-0.2, 0) is 19.1 Å². The minimum atomic E-state index is -1.12. The van der Waals surface area contributed by atoms with Crippen LogP contribution in [0.4, 0.5) is 5.69 Å². The molecule has 182 valence electrons. The molecule has 3 fully saturated rings. The van der Waals surface area contributed by atoms with E-state index in [0.717, 1.165) is 25.7 Å². The van der Waals surface area contributed by atoms with Gasteiger partial charge in [0.05, 0.1) is 25.0 Å². The molecule has 8 nitrogen and oxygen atoms in total. The van der Waals surface area contributed by atoms with Crippen LogP contribution in [0.5, 0.6) is 5.75 Å². The molecule has 1 aromatic carbocycles. The highest BCUT2D eigenvalue weighted by molar-refractivity contribution is 6.03.